The van der Waals surface area contributed by atoms with Crippen LogP contribution in [-0.4, -0.2) is 25.0 Å². The van der Waals surface area contributed by atoms with Crippen molar-refractivity contribution in [2.24, 2.45) is 0 Å². The van der Waals surface area contributed by atoms with Crippen LogP contribution in [0.15, 0.2) is 28.7 Å². The van der Waals surface area contributed by atoms with Crippen molar-refractivity contribution in [2.75, 3.05) is 6.26 Å². The number of hydrogen-bond donors (Lipinski definition) is 1. The lowest BCUT2D eigenvalue weighted by molar-refractivity contribution is 0.151. The van der Waals surface area contributed by atoms with Gasteiger partial charge in [-0.1, -0.05) is 11.6 Å². The van der Waals surface area contributed by atoms with Crippen molar-refractivity contribution in [3.05, 3.63) is 35.0 Å². The van der Waals surface area contributed by atoms with Gasteiger partial charge in [0.05, 0.1) is 5.25 Å². The number of aliphatic hydroxyl groups excluding tert-OH is 1. The van der Waals surface area contributed by atoms with Crippen LogP contribution in [-0.2, 0) is 9.84 Å². The largest absolute Gasteiger partial charge is 0.458 e. The molecule has 0 aliphatic carbocycles. The van der Waals surface area contributed by atoms with E-state index in [1.54, 1.807) is 24.3 Å². The Balaban J connectivity index is 2.42. The molecule has 0 aliphatic rings. The number of sulfone groups is 1. The summed E-state index contributed by atoms with van der Waals surface area (Å²) in [6, 6.07) is 6.65. The predicted molar refractivity (Wildman–Crippen MR) is 70.5 cm³/mol. The molecule has 0 fully saturated rings. The van der Waals surface area contributed by atoms with Crippen LogP contribution in [0.4, 0.5) is 0 Å². The Labute approximate surface area is 110 Å². The Bertz CT molecular complexity index is 674. The van der Waals surface area contributed by atoms with Gasteiger partial charge in [0.1, 0.15) is 17.4 Å². The average Bonchev–Trinajstić information content (AvgIpc) is 2.68. The molecule has 18 heavy (non-hydrogen) atoms. The van der Waals surface area contributed by atoms with Gasteiger partial charge >= 0.3 is 0 Å². The predicted octanol–water partition coefficient (Wildman–Crippen LogP) is 2.55. The third kappa shape index (κ3) is 2.53. The highest BCUT2D eigenvalue weighted by molar-refractivity contribution is 7.91. The van der Waals surface area contributed by atoms with Crippen LogP contribution in [0.25, 0.3) is 11.0 Å². The lowest BCUT2D eigenvalue weighted by Crippen LogP contribution is -2.23. The summed E-state index contributed by atoms with van der Waals surface area (Å²) in [5.41, 5.74) is 0.564. The highest BCUT2D eigenvalue weighted by atomic mass is 35.5. The molecule has 4 nitrogen and oxygen atoms in total. The Morgan fingerprint density at radius 1 is 1.33 bits per heavy atom. The fourth-order valence-electron chi connectivity index (χ4n) is 1.65. The van der Waals surface area contributed by atoms with Gasteiger partial charge in [-0.15, -0.1) is 0 Å². The molecule has 0 radical (unpaired) electrons. The topological polar surface area (TPSA) is 67.5 Å². The molecule has 2 atom stereocenters. The molecule has 0 aliphatic heterocycles. The van der Waals surface area contributed by atoms with Crippen molar-refractivity contribution in [3.63, 3.8) is 0 Å². The molecule has 2 unspecified atom stereocenters. The van der Waals surface area contributed by atoms with Gasteiger partial charge in [-0.25, -0.2) is 8.42 Å². The molecule has 0 saturated heterocycles. The Morgan fingerprint density at radius 2 is 2.00 bits per heavy atom. The third-order valence-electron chi connectivity index (χ3n) is 2.91. The summed E-state index contributed by atoms with van der Waals surface area (Å²) in [6.45, 7) is 1.44. The van der Waals surface area contributed by atoms with Crippen LogP contribution in [0, 0.1) is 0 Å². The first kappa shape index (κ1) is 13.4. The van der Waals surface area contributed by atoms with E-state index in [1.807, 2.05) is 0 Å². The summed E-state index contributed by atoms with van der Waals surface area (Å²) in [4.78, 5) is 0. The van der Waals surface area contributed by atoms with Crippen molar-refractivity contribution < 1.29 is 17.9 Å². The number of aliphatic hydroxyl groups is 1. The highest BCUT2D eigenvalue weighted by Crippen LogP contribution is 2.29. The van der Waals surface area contributed by atoms with Crippen LogP contribution < -0.4 is 0 Å². The molecule has 2 rings (SSSR count). The molecule has 1 heterocycles. The SMILES string of the molecule is CC(C(O)c1cc2cc(Cl)ccc2o1)S(C)(=O)=O. The minimum Gasteiger partial charge on any atom is -0.458 e. The molecule has 6 heteroatoms. The van der Waals surface area contributed by atoms with E-state index in [1.165, 1.54) is 6.92 Å². The molecule has 98 valence electrons. The monoisotopic (exact) mass is 288 g/mol. The molecule has 0 amide bonds. The van der Waals surface area contributed by atoms with E-state index in [9.17, 15) is 13.5 Å². The smallest absolute Gasteiger partial charge is 0.153 e. The Morgan fingerprint density at radius 3 is 2.61 bits per heavy atom. The molecule has 1 N–H and O–H groups in total. The fourth-order valence-corrected chi connectivity index (χ4v) is 2.43. The third-order valence-corrected chi connectivity index (χ3v) is 4.75. The zero-order valence-electron chi connectivity index (χ0n) is 9.92. The van der Waals surface area contributed by atoms with Gasteiger partial charge in [-0.3, -0.25) is 0 Å². The number of rotatable bonds is 3. The van der Waals surface area contributed by atoms with Gasteiger partial charge in [-0.2, -0.15) is 0 Å². The average molecular weight is 289 g/mol. The van der Waals surface area contributed by atoms with Gasteiger partial charge in [0, 0.05) is 16.7 Å². The molecule has 2 aromatic rings. The molecule has 0 bridgehead atoms. The standard InChI is InChI=1S/C12H13ClO4S/c1-7(18(2,15)16)12(14)11-6-8-5-9(13)3-4-10(8)17-11/h3-7,12,14H,1-2H3. The molecular weight excluding hydrogens is 276 g/mol. The van der Waals surface area contributed by atoms with Crippen LogP contribution >= 0.6 is 11.6 Å². The highest BCUT2D eigenvalue weighted by Gasteiger charge is 2.28. The molecule has 0 spiro atoms. The number of halogens is 1. The summed E-state index contributed by atoms with van der Waals surface area (Å²) in [5.74, 6) is 0.227. The maximum Gasteiger partial charge on any atom is 0.153 e. The maximum atomic E-state index is 11.4. The molecule has 1 aromatic heterocycles. The van der Waals surface area contributed by atoms with E-state index >= 15 is 0 Å². The summed E-state index contributed by atoms with van der Waals surface area (Å²) in [6.07, 6.45) is -0.105. The van der Waals surface area contributed by atoms with Crippen LogP contribution in [0.3, 0.4) is 0 Å². The fraction of sp³-hybridized carbons (Fsp3) is 0.333. The van der Waals surface area contributed by atoms with E-state index in [4.69, 9.17) is 16.0 Å². The summed E-state index contributed by atoms with van der Waals surface area (Å²) in [7, 11) is -3.33. The first-order valence-electron chi connectivity index (χ1n) is 5.35. The zero-order chi connectivity index (χ0) is 13.5. The van der Waals surface area contributed by atoms with Gasteiger partial charge in [0.2, 0.25) is 0 Å². The van der Waals surface area contributed by atoms with Crippen molar-refractivity contribution >= 4 is 32.4 Å². The molecular formula is C12H13ClO4S. The quantitative estimate of drug-likeness (QED) is 0.942. The first-order valence-corrected chi connectivity index (χ1v) is 7.68. The summed E-state index contributed by atoms with van der Waals surface area (Å²) >= 11 is 5.84. The number of benzene rings is 1. The normalized spacial score (nSPS) is 15.8. The maximum absolute atomic E-state index is 11.4. The van der Waals surface area contributed by atoms with Gasteiger partial charge in [0.15, 0.2) is 9.84 Å². The number of furan rings is 1. The van der Waals surface area contributed by atoms with E-state index in [-0.39, 0.29) is 5.76 Å². The number of hydrogen-bond acceptors (Lipinski definition) is 4. The van der Waals surface area contributed by atoms with Crippen molar-refractivity contribution in [3.8, 4) is 0 Å². The van der Waals surface area contributed by atoms with E-state index < -0.39 is 21.2 Å². The first-order chi connectivity index (χ1) is 8.29. The van der Waals surface area contributed by atoms with E-state index in [0.717, 1.165) is 11.6 Å². The second-order valence-electron chi connectivity index (χ2n) is 4.31. The summed E-state index contributed by atoms with van der Waals surface area (Å²) < 4.78 is 28.2. The Kier molecular flexibility index (Phi) is 3.40. The minimum absolute atomic E-state index is 0.227. The molecule has 1 aromatic carbocycles. The van der Waals surface area contributed by atoms with Crippen LogP contribution in [0.1, 0.15) is 18.8 Å². The lowest BCUT2D eigenvalue weighted by Gasteiger charge is -2.14. The second kappa shape index (κ2) is 4.57. The second-order valence-corrected chi connectivity index (χ2v) is 7.15. The van der Waals surface area contributed by atoms with E-state index in [0.29, 0.717) is 10.6 Å². The number of fused-ring (bicyclic) bond motifs is 1. The Hall–Kier alpha value is -1.04. The van der Waals surface area contributed by atoms with Gasteiger partial charge in [-0.05, 0) is 31.2 Å². The van der Waals surface area contributed by atoms with Crippen LogP contribution in [0.2, 0.25) is 5.02 Å². The van der Waals surface area contributed by atoms with Gasteiger partial charge < -0.3 is 9.52 Å². The zero-order valence-corrected chi connectivity index (χ0v) is 11.5. The molecule has 0 saturated carbocycles. The van der Waals surface area contributed by atoms with Gasteiger partial charge in [0.25, 0.3) is 0 Å². The van der Waals surface area contributed by atoms with Crippen molar-refractivity contribution in [1.29, 1.82) is 0 Å². The minimum atomic E-state index is -3.33. The van der Waals surface area contributed by atoms with E-state index in [2.05, 4.69) is 0 Å². The summed E-state index contributed by atoms with van der Waals surface area (Å²) in [5, 5.41) is 10.4. The lowest BCUT2D eigenvalue weighted by atomic mass is 10.2. The van der Waals surface area contributed by atoms with Crippen molar-refractivity contribution in [2.45, 2.75) is 18.3 Å². The van der Waals surface area contributed by atoms with Crippen LogP contribution in [0.5, 0.6) is 0 Å². The van der Waals surface area contributed by atoms with Crippen molar-refractivity contribution in [1.82, 2.24) is 0 Å².